The molecule has 8 heteroatoms. The highest BCUT2D eigenvalue weighted by atomic mass is 32.2. The van der Waals surface area contributed by atoms with Gasteiger partial charge in [-0.15, -0.1) is 0 Å². The van der Waals surface area contributed by atoms with Crippen LogP contribution in [0.15, 0.2) is 18.2 Å². The van der Waals surface area contributed by atoms with E-state index in [1.807, 2.05) is 37.4 Å². The first-order chi connectivity index (χ1) is 12.8. The van der Waals surface area contributed by atoms with E-state index in [9.17, 15) is 14.4 Å². The van der Waals surface area contributed by atoms with Crippen molar-refractivity contribution in [1.29, 1.82) is 0 Å². The second-order valence-electron chi connectivity index (χ2n) is 6.92. The quantitative estimate of drug-likeness (QED) is 0.675. The normalized spacial score (nSPS) is 15.4. The molecule has 148 valence electrons. The van der Waals surface area contributed by atoms with Gasteiger partial charge in [-0.05, 0) is 30.5 Å². The van der Waals surface area contributed by atoms with Crippen LogP contribution in [0, 0.1) is 12.8 Å². The Morgan fingerprint density at radius 2 is 1.89 bits per heavy atom. The first kappa shape index (κ1) is 21.2. The third-order valence-corrected chi connectivity index (χ3v) is 5.52. The van der Waals surface area contributed by atoms with E-state index in [1.165, 1.54) is 0 Å². The van der Waals surface area contributed by atoms with Gasteiger partial charge in [-0.3, -0.25) is 14.4 Å². The summed E-state index contributed by atoms with van der Waals surface area (Å²) in [5.74, 6) is 1.15. The SMILES string of the molecule is Cc1c(NC(=O)CNC(=O)[C@@H](N)C(C)C)cccc1C(=O)N1CCSCC1. The van der Waals surface area contributed by atoms with Gasteiger partial charge in [-0.2, -0.15) is 11.8 Å². The highest BCUT2D eigenvalue weighted by Gasteiger charge is 2.21. The average molecular weight is 393 g/mol. The number of benzene rings is 1. The summed E-state index contributed by atoms with van der Waals surface area (Å²) in [6.07, 6.45) is 0. The molecular weight excluding hydrogens is 364 g/mol. The molecule has 0 unspecified atom stereocenters. The van der Waals surface area contributed by atoms with Gasteiger partial charge >= 0.3 is 0 Å². The summed E-state index contributed by atoms with van der Waals surface area (Å²) in [5, 5.41) is 5.30. The third kappa shape index (κ3) is 5.71. The molecule has 2 rings (SSSR count). The van der Waals surface area contributed by atoms with Crippen molar-refractivity contribution < 1.29 is 14.4 Å². The van der Waals surface area contributed by atoms with Crippen molar-refractivity contribution in [2.45, 2.75) is 26.8 Å². The van der Waals surface area contributed by atoms with Crippen molar-refractivity contribution in [3.05, 3.63) is 29.3 Å². The Labute approximate surface area is 164 Å². The minimum atomic E-state index is -0.650. The van der Waals surface area contributed by atoms with Crippen LogP contribution >= 0.6 is 11.8 Å². The number of hydrogen-bond donors (Lipinski definition) is 3. The van der Waals surface area contributed by atoms with Gasteiger partial charge in [0.2, 0.25) is 11.8 Å². The molecule has 1 aliphatic heterocycles. The second kappa shape index (κ2) is 9.75. The maximum Gasteiger partial charge on any atom is 0.254 e. The fourth-order valence-corrected chi connectivity index (χ4v) is 3.63. The highest BCUT2D eigenvalue weighted by molar-refractivity contribution is 7.99. The van der Waals surface area contributed by atoms with Gasteiger partial charge in [0.25, 0.3) is 5.91 Å². The van der Waals surface area contributed by atoms with Crippen molar-refractivity contribution in [2.75, 3.05) is 36.5 Å². The predicted molar refractivity (Wildman–Crippen MR) is 109 cm³/mol. The number of anilines is 1. The monoisotopic (exact) mass is 392 g/mol. The standard InChI is InChI=1S/C19H28N4O3S/c1-12(2)17(20)18(25)21-11-16(24)22-15-6-4-5-14(13(15)3)19(26)23-7-9-27-10-8-23/h4-6,12,17H,7-11,20H2,1-3H3,(H,21,25)(H,22,24)/t17-/m0/s1. The van der Waals surface area contributed by atoms with Gasteiger partial charge in [-0.1, -0.05) is 19.9 Å². The minimum absolute atomic E-state index is 0.00816. The number of carbonyl (C=O) groups excluding carboxylic acids is 3. The molecule has 0 bridgehead atoms. The molecule has 3 amide bonds. The van der Waals surface area contributed by atoms with Crippen LogP contribution < -0.4 is 16.4 Å². The van der Waals surface area contributed by atoms with E-state index in [0.717, 1.165) is 30.2 Å². The van der Waals surface area contributed by atoms with Crippen molar-refractivity contribution in [3.8, 4) is 0 Å². The summed E-state index contributed by atoms with van der Waals surface area (Å²) in [5.41, 5.74) is 7.64. The fourth-order valence-electron chi connectivity index (χ4n) is 2.72. The lowest BCUT2D eigenvalue weighted by atomic mass is 10.0. The number of hydrogen-bond acceptors (Lipinski definition) is 5. The zero-order chi connectivity index (χ0) is 20.0. The molecule has 1 aromatic rings. The Bertz CT molecular complexity index is 702. The van der Waals surface area contributed by atoms with Gasteiger partial charge in [0.15, 0.2) is 0 Å². The number of rotatable bonds is 6. The zero-order valence-corrected chi connectivity index (χ0v) is 16.9. The number of thioether (sulfide) groups is 1. The Hall–Kier alpha value is -2.06. The van der Waals surface area contributed by atoms with Crippen LogP contribution in [0.3, 0.4) is 0 Å². The highest BCUT2D eigenvalue weighted by Crippen LogP contribution is 2.22. The van der Waals surface area contributed by atoms with E-state index >= 15 is 0 Å². The van der Waals surface area contributed by atoms with Gasteiger partial charge < -0.3 is 21.3 Å². The van der Waals surface area contributed by atoms with E-state index in [2.05, 4.69) is 10.6 Å². The topological polar surface area (TPSA) is 105 Å². The van der Waals surface area contributed by atoms with Crippen LogP contribution in [-0.2, 0) is 9.59 Å². The Kier molecular flexibility index (Phi) is 7.67. The lowest BCUT2D eigenvalue weighted by Gasteiger charge is -2.27. The smallest absolute Gasteiger partial charge is 0.254 e. The van der Waals surface area contributed by atoms with E-state index in [0.29, 0.717) is 11.3 Å². The molecule has 0 saturated carbocycles. The summed E-state index contributed by atoms with van der Waals surface area (Å²) >= 11 is 1.84. The fraction of sp³-hybridized carbons (Fsp3) is 0.526. The van der Waals surface area contributed by atoms with Crippen LogP contribution in [0.25, 0.3) is 0 Å². The average Bonchev–Trinajstić information content (AvgIpc) is 2.67. The van der Waals surface area contributed by atoms with Crippen molar-refractivity contribution in [3.63, 3.8) is 0 Å². The molecule has 0 aromatic heterocycles. The van der Waals surface area contributed by atoms with Crippen molar-refractivity contribution in [1.82, 2.24) is 10.2 Å². The van der Waals surface area contributed by atoms with Gasteiger partial charge in [0.1, 0.15) is 0 Å². The van der Waals surface area contributed by atoms with Crippen LogP contribution in [-0.4, -0.2) is 59.8 Å². The molecule has 0 spiro atoms. The molecule has 1 aromatic carbocycles. The minimum Gasteiger partial charge on any atom is -0.346 e. The zero-order valence-electron chi connectivity index (χ0n) is 16.1. The number of nitrogens with two attached hydrogens (primary N) is 1. The number of carbonyl (C=O) groups is 3. The van der Waals surface area contributed by atoms with Crippen LogP contribution in [0.1, 0.15) is 29.8 Å². The van der Waals surface area contributed by atoms with Gasteiger partial charge in [0, 0.05) is 35.8 Å². The summed E-state index contributed by atoms with van der Waals surface area (Å²) in [6.45, 7) is 6.81. The number of amides is 3. The maximum atomic E-state index is 12.7. The largest absolute Gasteiger partial charge is 0.346 e. The molecule has 7 nitrogen and oxygen atoms in total. The summed E-state index contributed by atoms with van der Waals surface area (Å²) in [4.78, 5) is 38.6. The number of nitrogens with zero attached hydrogens (tertiary/aromatic N) is 1. The molecule has 0 radical (unpaired) electrons. The van der Waals surface area contributed by atoms with Crippen molar-refractivity contribution >= 4 is 35.2 Å². The molecule has 1 saturated heterocycles. The van der Waals surface area contributed by atoms with E-state index in [1.54, 1.807) is 18.2 Å². The Morgan fingerprint density at radius 1 is 1.22 bits per heavy atom. The molecular formula is C19H28N4O3S. The lowest BCUT2D eigenvalue weighted by Crippen LogP contribution is -2.46. The van der Waals surface area contributed by atoms with Crippen LogP contribution in [0.2, 0.25) is 0 Å². The number of nitrogens with one attached hydrogen (secondary N) is 2. The molecule has 1 heterocycles. The van der Waals surface area contributed by atoms with E-state index in [-0.39, 0.29) is 30.2 Å². The molecule has 0 aliphatic carbocycles. The van der Waals surface area contributed by atoms with Crippen molar-refractivity contribution in [2.24, 2.45) is 11.7 Å². The second-order valence-corrected chi connectivity index (χ2v) is 8.14. The van der Waals surface area contributed by atoms with Gasteiger partial charge in [-0.25, -0.2) is 0 Å². The lowest BCUT2D eigenvalue weighted by molar-refractivity contribution is -0.125. The van der Waals surface area contributed by atoms with Gasteiger partial charge in [0.05, 0.1) is 12.6 Å². The van der Waals surface area contributed by atoms with Crippen LogP contribution in [0.4, 0.5) is 5.69 Å². The van der Waals surface area contributed by atoms with Crippen LogP contribution in [0.5, 0.6) is 0 Å². The first-order valence-corrected chi connectivity index (χ1v) is 10.3. The molecule has 4 N–H and O–H groups in total. The predicted octanol–water partition coefficient (Wildman–Crippen LogP) is 1.22. The molecule has 1 aliphatic rings. The summed E-state index contributed by atoms with van der Waals surface area (Å²) in [7, 11) is 0. The Morgan fingerprint density at radius 3 is 2.52 bits per heavy atom. The van der Waals surface area contributed by atoms with E-state index < -0.39 is 6.04 Å². The summed E-state index contributed by atoms with van der Waals surface area (Å²) in [6, 6.07) is 4.63. The molecule has 27 heavy (non-hydrogen) atoms. The molecule has 1 atom stereocenters. The summed E-state index contributed by atoms with van der Waals surface area (Å²) < 4.78 is 0. The first-order valence-electron chi connectivity index (χ1n) is 9.11. The third-order valence-electron chi connectivity index (χ3n) is 4.58. The van der Waals surface area contributed by atoms with E-state index in [4.69, 9.17) is 5.73 Å². The molecule has 1 fully saturated rings. The maximum absolute atomic E-state index is 12.7. The Balaban J connectivity index is 1.99.